The molecule has 3 rings (SSSR count). The third kappa shape index (κ3) is 5.50. The van der Waals surface area contributed by atoms with Crippen molar-refractivity contribution in [2.24, 2.45) is 9.98 Å². The van der Waals surface area contributed by atoms with Gasteiger partial charge in [0.2, 0.25) is 0 Å². The molecule has 0 saturated carbocycles. The third-order valence-corrected chi connectivity index (χ3v) is 5.09. The van der Waals surface area contributed by atoms with Gasteiger partial charge in [0.05, 0.1) is 34.2 Å². The molecule has 0 aliphatic carbocycles. The summed E-state index contributed by atoms with van der Waals surface area (Å²) in [7, 11) is 0. The Bertz CT molecular complexity index is 966. The van der Waals surface area contributed by atoms with E-state index in [2.05, 4.69) is 50.2 Å². The van der Waals surface area contributed by atoms with E-state index in [0.717, 1.165) is 59.9 Å². The van der Waals surface area contributed by atoms with Crippen molar-refractivity contribution in [2.45, 2.75) is 53.4 Å². The molecule has 0 aliphatic rings. The second-order valence-electron chi connectivity index (χ2n) is 7.56. The molecule has 3 aromatic rings. The van der Waals surface area contributed by atoms with Crippen LogP contribution in [0.25, 0.3) is 0 Å². The van der Waals surface area contributed by atoms with Crippen LogP contribution in [0.2, 0.25) is 0 Å². The van der Waals surface area contributed by atoms with Crippen LogP contribution in [0.1, 0.15) is 63.1 Å². The molecular formula is C27H31N3. The van der Waals surface area contributed by atoms with Gasteiger partial charge in [-0.3, -0.25) is 9.98 Å². The average molecular weight is 398 g/mol. The van der Waals surface area contributed by atoms with Crippen molar-refractivity contribution in [3.63, 3.8) is 0 Å². The molecule has 0 bridgehead atoms. The molecule has 1 heterocycles. The predicted octanol–water partition coefficient (Wildman–Crippen LogP) is 7.27. The van der Waals surface area contributed by atoms with Crippen molar-refractivity contribution in [2.75, 3.05) is 0 Å². The third-order valence-electron chi connectivity index (χ3n) is 5.09. The van der Waals surface area contributed by atoms with Gasteiger partial charge in [-0.1, -0.05) is 69.2 Å². The normalized spacial score (nSPS) is 12.3. The van der Waals surface area contributed by atoms with Crippen molar-refractivity contribution in [3.05, 3.63) is 89.2 Å². The van der Waals surface area contributed by atoms with Crippen LogP contribution in [0, 0.1) is 0 Å². The maximum atomic E-state index is 4.89. The summed E-state index contributed by atoms with van der Waals surface area (Å²) >= 11 is 0. The second kappa shape index (κ2) is 10.6. The van der Waals surface area contributed by atoms with Gasteiger partial charge >= 0.3 is 0 Å². The number of para-hydroxylation sites is 2. The van der Waals surface area contributed by atoms with Crippen LogP contribution >= 0.6 is 0 Å². The van der Waals surface area contributed by atoms with E-state index in [1.807, 2.05) is 44.2 Å². The Hall–Kier alpha value is -3.07. The van der Waals surface area contributed by atoms with E-state index in [1.165, 1.54) is 11.1 Å². The highest BCUT2D eigenvalue weighted by atomic mass is 14.8. The minimum atomic E-state index is 0.884. The number of pyridine rings is 1. The fourth-order valence-corrected chi connectivity index (χ4v) is 3.51. The summed E-state index contributed by atoms with van der Waals surface area (Å²) < 4.78 is 0. The Morgan fingerprint density at radius 2 is 1.07 bits per heavy atom. The maximum absolute atomic E-state index is 4.89. The van der Waals surface area contributed by atoms with Gasteiger partial charge < -0.3 is 0 Å². The zero-order chi connectivity index (χ0) is 21.3. The Balaban J connectivity index is 1.91. The molecule has 0 atom stereocenters. The van der Waals surface area contributed by atoms with Crippen molar-refractivity contribution in [3.8, 4) is 0 Å². The predicted molar refractivity (Wildman–Crippen MR) is 129 cm³/mol. The summed E-state index contributed by atoms with van der Waals surface area (Å²) in [6.45, 7) is 8.44. The molecule has 3 heteroatoms. The Morgan fingerprint density at radius 3 is 1.50 bits per heavy atom. The number of aliphatic imine (C=N–C) groups is 2. The molecular weight excluding hydrogens is 366 g/mol. The smallest absolute Gasteiger partial charge is 0.0849 e. The number of hydrogen-bond acceptors (Lipinski definition) is 3. The lowest BCUT2D eigenvalue weighted by atomic mass is 10.1. The van der Waals surface area contributed by atoms with Gasteiger partial charge in [-0.25, -0.2) is 4.98 Å². The molecule has 0 amide bonds. The van der Waals surface area contributed by atoms with E-state index in [9.17, 15) is 0 Å². The quantitative estimate of drug-likeness (QED) is 0.368. The Kier molecular flexibility index (Phi) is 7.67. The molecule has 0 radical (unpaired) electrons. The van der Waals surface area contributed by atoms with Crippen LogP contribution in [-0.4, -0.2) is 16.4 Å². The van der Waals surface area contributed by atoms with E-state index in [0.29, 0.717) is 0 Å². The summed E-state index contributed by atoms with van der Waals surface area (Å²) in [5.41, 5.74) is 8.22. The molecule has 30 heavy (non-hydrogen) atoms. The van der Waals surface area contributed by atoms with Gasteiger partial charge in [-0.2, -0.15) is 0 Å². The standard InChI is InChI=1S/C27H31N3/c1-5-12-22-14-7-9-16-26(22)28-20(3)24-18-11-19-25(30-24)21(4)29-27-17-10-8-15-23(27)13-6-2/h7-11,14-19H,5-6,12-13H2,1-4H3/b28-20+,29-21+. The lowest BCUT2D eigenvalue weighted by Crippen LogP contribution is -2.05. The van der Waals surface area contributed by atoms with Crippen LogP contribution in [-0.2, 0) is 12.8 Å². The first kappa shape index (κ1) is 21.6. The molecule has 0 N–H and O–H groups in total. The van der Waals surface area contributed by atoms with Gasteiger partial charge in [0, 0.05) is 0 Å². The molecule has 0 saturated heterocycles. The van der Waals surface area contributed by atoms with E-state index in [-0.39, 0.29) is 0 Å². The fourth-order valence-electron chi connectivity index (χ4n) is 3.51. The van der Waals surface area contributed by atoms with E-state index >= 15 is 0 Å². The topological polar surface area (TPSA) is 37.6 Å². The molecule has 0 fully saturated rings. The minimum Gasteiger partial charge on any atom is -0.251 e. The van der Waals surface area contributed by atoms with Gasteiger partial charge in [0.25, 0.3) is 0 Å². The number of aromatic nitrogens is 1. The highest BCUT2D eigenvalue weighted by Gasteiger charge is 2.07. The minimum absolute atomic E-state index is 0.884. The largest absolute Gasteiger partial charge is 0.251 e. The summed E-state index contributed by atoms with van der Waals surface area (Å²) in [5.74, 6) is 0. The summed E-state index contributed by atoms with van der Waals surface area (Å²) in [6.07, 6.45) is 4.27. The van der Waals surface area contributed by atoms with E-state index in [4.69, 9.17) is 15.0 Å². The number of nitrogens with zero attached hydrogens (tertiary/aromatic N) is 3. The van der Waals surface area contributed by atoms with Gasteiger partial charge in [0.15, 0.2) is 0 Å². The molecule has 0 spiro atoms. The lowest BCUT2D eigenvalue weighted by molar-refractivity contribution is 0.921. The van der Waals surface area contributed by atoms with Gasteiger partial charge in [-0.15, -0.1) is 0 Å². The zero-order valence-corrected chi connectivity index (χ0v) is 18.5. The van der Waals surface area contributed by atoms with Crippen LogP contribution in [0.3, 0.4) is 0 Å². The molecule has 0 unspecified atom stereocenters. The van der Waals surface area contributed by atoms with Gasteiger partial charge in [-0.05, 0) is 62.1 Å². The maximum Gasteiger partial charge on any atom is 0.0849 e. The molecule has 154 valence electrons. The second-order valence-corrected chi connectivity index (χ2v) is 7.56. The van der Waals surface area contributed by atoms with Crippen molar-refractivity contribution in [1.82, 2.24) is 4.98 Å². The van der Waals surface area contributed by atoms with Crippen LogP contribution in [0.15, 0.2) is 76.7 Å². The van der Waals surface area contributed by atoms with Crippen LogP contribution < -0.4 is 0 Å². The number of aryl methyl sites for hydroxylation is 2. The first-order valence-corrected chi connectivity index (χ1v) is 10.9. The zero-order valence-electron chi connectivity index (χ0n) is 18.5. The summed E-state index contributed by atoms with van der Waals surface area (Å²) in [4.78, 5) is 14.6. The average Bonchev–Trinajstić information content (AvgIpc) is 2.77. The number of rotatable bonds is 8. The van der Waals surface area contributed by atoms with Crippen LogP contribution in [0.4, 0.5) is 11.4 Å². The van der Waals surface area contributed by atoms with Crippen LogP contribution in [0.5, 0.6) is 0 Å². The Morgan fingerprint density at radius 1 is 0.633 bits per heavy atom. The van der Waals surface area contributed by atoms with Crippen molar-refractivity contribution >= 4 is 22.8 Å². The van der Waals surface area contributed by atoms with Crippen molar-refractivity contribution < 1.29 is 0 Å². The monoisotopic (exact) mass is 397 g/mol. The number of hydrogen-bond donors (Lipinski definition) is 0. The summed E-state index contributed by atoms with van der Waals surface area (Å²) in [5, 5.41) is 0. The van der Waals surface area contributed by atoms with E-state index in [1.54, 1.807) is 0 Å². The van der Waals surface area contributed by atoms with Gasteiger partial charge in [0.1, 0.15) is 0 Å². The summed E-state index contributed by atoms with van der Waals surface area (Å²) in [6, 6.07) is 22.8. The fraction of sp³-hybridized carbons (Fsp3) is 0.296. The Labute approximate surface area is 180 Å². The highest BCUT2D eigenvalue weighted by Crippen LogP contribution is 2.23. The van der Waals surface area contributed by atoms with E-state index < -0.39 is 0 Å². The van der Waals surface area contributed by atoms with Crippen molar-refractivity contribution in [1.29, 1.82) is 0 Å². The highest BCUT2D eigenvalue weighted by molar-refractivity contribution is 6.02. The number of benzene rings is 2. The molecule has 1 aromatic heterocycles. The lowest BCUT2D eigenvalue weighted by Gasteiger charge is -2.08. The first-order chi connectivity index (χ1) is 14.6. The molecule has 0 aliphatic heterocycles. The SMILES string of the molecule is CCCc1ccccc1/N=C(\C)c1cccc(/C(C)=N/c2ccccc2CCC)n1. The molecule has 2 aromatic carbocycles. The molecule has 3 nitrogen and oxygen atoms in total. The first-order valence-electron chi connectivity index (χ1n) is 10.9.